The van der Waals surface area contributed by atoms with Gasteiger partial charge < -0.3 is 28.8 Å². The van der Waals surface area contributed by atoms with E-state index in [0.717, 1.165) is 26.1 Å². The second-order valence-electron chi connectivity index (χ2n) is 12.2. The zero-order valence-corrected chi connectivity index (χ0v) is 27.1. The first-order chi connectivity index (χ1) is 23.2. The maximum Gasteiger partial charge on any atom is 0.247 e. The van der Waals surface area contributed by atoms with Gasteiger partial charge in [0.2, 0.25) is 17.7 Å². The van der Waals surface area contributed by atoms with Gasteiger partial charge in [-0.1, -0.05) is 6.42 Å². The Morgan fingerprint density at radius 3 is 2.48 bits per heavy atom. The lowest BCUT2D eigenvalue weighted by Gasteiger charge is -2.26. The van der Waals surface area contributed by atoms with Crippen LogP contribution < -0.4 is 19.5 Å². The van der Waals surface area contributed by atoms with Crippen LogP contribution in [0.3, 0.4) is 0 Å². The molecule has 6 rings (SSSR count). The van der Waals surface area contributed by atoms with E-state index in [0.29, 0.717) is 40.3 Å². The Morgan fingerprint density at radius 1 is 0.938 bits per heavy atom. The van der Waals surface area contributed by atoms with Crippen LogP contribution in [0.1, 0.15) is 45.4 Å². The van der Waals surface area contributed by atoms with Crippen molar-refractivity contribution in [3.63, 3.8) is 0 Å². The molecule has 2 aromatic heterocycles. The fourth-order valence-electron chi connectivity index (χ4n) is 5.49. The average molecular weight is 658 g/mol. The first-order valence-corrected chi connectivity index (χ1v) is 15.9. The van der Waals surface area contributed by atoms with Gasteiger partial charge in [0.25, 0.3) is 0 Å². The molecule has 250 valence electrons. The first kappa shape index (κ1) is 32.8. The topological polar surface area (TPSA) is 112 Å². The number of fused-ring (bicyclic) bond motifs is 1. The second kappa shape index (κ2) is 14.3. The number of pyridine rings is 1. The molecule has 12 heteroatoms. The van der Waals surface area contributed by atoms with Gasteiger partial charge in [-0.2, -0.15) is 0 Å². The Bertz CT molecular complexity index is 1890. The van der Waals surface area contributed by atoms with E-state index in [9.17, 15) is 9.18 Å². The van der Waals surface area contributed by atoms with Crippen molar-refractivity contribution in [2.75, 3.05) is 38.7 Å². The zero-order valence-electron chi connectivity index (χ0n) is 27.1. The lowest BCUT2D eigenvalue weighted by molar-refractivity contribution is -0.121. The van der Waals surface area contributed by atoms with Crippen LogP contribution in [-0.2, 0) is 10.2 Å². The maximum absolute atomic E-state index is 15.3. The van der Waals surface area contributed by atoms with Crippen molar-refractivity contribution in [2.24, 2.45) is 0 Å². The van der Waals surface area contributed by atoms with Gasteiger partial charge in [0.05, 0.1) is 19.2 Å². The number of carbonyl (C=O) groups is 1. The molecule has 0 spiro atoms. The molecule has 0 bridgehead atoms. The van der Waals surface area contributed by atoms with E-state index in [-0.39, 0.29) is 23.2 Å². The smallest absolute Gasteiger partial charge is 0.247 e. The normalized spacial score (nSPS) is 13.8. The highest BCUT2D eigenvalue weighted by Crippen LogP contribution is 2.38. The van der Waals surface area contributed by atoms with E-state index in [1.807, 2.05) is 0 Å². The Balaban J connectivity index is 1.12. The van der Waals surface area contributed by atoms with Crippen molar-refractivity contribution in [3.05, 3.63) is 84.4 Å². The van der Waals surface area contributed by atoms with Crippen molar-refractivity contribution >= 4 is 22.5 Å². The van der Waals surface area contributed by atoms with E-state index < -0.39 is 23.0 Å². The predicted octanol–water partition coefficient (Wildman–Crippen LogP) is 7.54. The Kier molecular flexibility index (Phi) is 9.81. The van der Waals surface area contributed by atoms with Gasteiger partial charge in [-0.05, 0) is 94.7 Å². The molecule has 10 nitrogen and oxygen atoms in total. The van der Waals surface area contributed by atoms with Crippen LogP contribution in [0.4, 0.5) is 14.5 Å². The highest BCUT2D eigenvalue weighted by Gasteiger charge is 2.36. The molecule has 5 aromatic rings. The number of aromatic nitrogens is 3. The van der Waals surface area contributed by atoms with E-state index >= 15 is 4.39 Å². The summed E-state index contributed by atoms with van der Waals surface area (Å²) in [7, 11) is 1.57. The lowest BCUT2D eigenvalue weighted by Crippen LogP contribution is -2.35. The quantitative estimate of drug-likeness (QED) is 0.136. The molecule has 0 aliphatic carbocycles. The number of halogens is 2. The molecule has 3 aromatic carbocycles. The molecular weight excluding hydrogens is 620 g/mol. The lowest BCUT2D eigenvalue weighted by atomic mass is 9.92. The van der Waals surface area contributed by atoms with Crippen LogP contribution in [0.2, 0.25) is 0 Å². The number of rotatable bonds is 12. The summed E-state index contributed by atoms with van der Waals surface area (Å²) in [5.41, 5.74) is 0.0627. The summed E-state index contributed by atoms with van der Waals surface area (Å²) in [5.74, 6) is 0.0360. The van der Waals surface area contributed by atoms with Gasteiger partial charge in [-0.25, -0.2) is 8.78 Å². The number of benzene rings is 3. The van der Waals surface area contributed by atoms with Gasteiger partial charge in [0, 0.05) is 41.5 Å². The van der Waals surface area contributed by atoms with Crippen molar-refractivity contribution in [1.29, 1.82) is 0 Å². The predicted molar refractivity (Wildman–Crippen MR) is 177 cm³/mol. The number of anilines is 1. The van der Waals surface area contributed by atoms with Crippen molar-refractivity contribution in [1.82, 2.24) is 20.1 Å². The number of methoxy groups -OCH3 is 1. The number of nitrogens with zero attached hydrogens (tertiary/aromatic N) is 4. The molecule has 1 amide bonds. The zero-order chi connectivity index (χ0) is 33.7. The molecule has 1 aliphatic heterocycles. The summed E-state index contributed by atoms with van der Waals surface area (Å²) in [6, 6.07) is 14.9. The SMILES string of the molecule is COc1cc2c(Oc3ccc(NC(=O)C(C)(C)c4nnc(-c5ccc(F)cc5)o4)cc3F)ccnc2cc1OCCCN1CCCCC1. The van der Waals surface area contributed by atoms with E-state index in [1.165, 1.54) is 61.7 Å². The van der Waals surface area contributed by atoms with Crippen LogP contribution in [0.5, 0.6) is 23.0 Å². The number of ether oxygens (including phenoxy) is 3. The van der Waals surface area contributed by atoms with Gasteiger partial charge in [-0.3, -0.25) is 9.78 Å². The van der Waals surface area contributed by atoms with Crippen molar-refractivity contribution < 1.29 is 32.2 Å². The fraction of sp³-hybridized carbons (Fsp3) is 0.333. The summed E-state index contributed by atoms with van der Waals surface area (Å²) in [6.45, 7) is 7.04. The standard InChI is InChI=1S/C36H37F2N5O5/c1-36(2,35-42-41-33(48-35)23-8-10-24(37)11-9-23)34(44)40-25-12-13-30(27(38)20-25)47-29-14-15-39-28-22-32(31(45-3)21-26(28)29)46-19-7-18-43-16-5-4-6-17-43/h8-15,20-22H,4-7,16-19H2,1-3H3,(H,40,44). The average Bonchev–Trinajstić information content (AvgIpc) is 3.60. The highest BCUT2D eigenvalue weighted by molar-refractivity contribution is 5.98. The van der Waals surface area contributed by atoms with Gasteiger partial charge in [-0.15, -0.1) is 10.2 Å². The van der Waals surface area contributed by atoms with Crippen LogP contribution in [0.25, 0.3) is 22.4 Å². The minimum absolute atomic E-state index is 0.0439. The van der Waals surface area contributed by atoms with Crippen LogP contribution in [0, 0.1) is 11.6 Å². The Morgan fingerprint density at radius 2 is 1.73 bits per heavy atom. The molecular formula is C36H37F2N5O5. The van der Waals surface area contributed by atoms with Gasteiger partial charge in [0.15, 0.2) is 23.1 Å². The number of piperidine rings is 1. The molecule has 1 N–H and O–H groups in total. The molecule has 1 fully saturated rings. The van der Waals surface area contributed by atoms with E-state index in [2.05, 4.69) is 25.4 Å². The summed E-state index contributed by atoms with van der Waals surface area (Å²) in [5, 5.41) is 11.3. The summed E-state index contributed by atoms with van der Waals surface area (Å²) >= 11 is 0. The summed E-state index contributed by atoms with van der Waals surface area (Å²) < 4.78 is 52.0. The minimum atomic E-state index is -1.26. The number of nitrogens with one attached hydrogen (secondary N) is 1. The van der Waals surface area contributed by atoms with E-state index in [4.69, 9.17) is 18.6 Å². The fourth-order valence-corrected chi connectivity index (χ4v) is 5.49. The highest BCUT2D eigenvalue weighted by atomic mass is 19.1. The first-order valence-electron chi connectivity index (χ1n) is 15.9. The third kappa shape index (κ3) is 7.38. The maximum atomic E-state index is 15.3. The third-order valence-electron chi connectivity index (χ3n) is 8.34. The van der Waals surface area contributed by atoms with Crippen LogP contribution in [0.15, 0.2) is 71.3 Å². The largest absolute Gasteiger partial charge is 0.493 e. The molecule has 0 unspecified atom stereocenters. The number of likely N-dealkylation sites (tertiary alicyclic amines) is 1. The third-order valence-corrected chi connectivity index (χ3v) is 8.34. The van der Waals surface area contributed by atoms with Crippen molar-refractivity contribution in [3.8, 4) is 34.5 Å². The Hall–Kier alpha value is -5.10. The minimum Gasteiger partial charge on any atom is -0.493 e. The van der Waals surface area contributed by atoms with Crippen molar-refractivity contribution in [2.45, 2.75) is 44.9 Å². The number of hydrogen-bond donors (Lipinski definition) is 1. The van der Waals surface area contributed by atoms with Gasteiger partial charge >= 0.3 is 0 Å². The number of amides is 1. The molecule has 3 heterocycles. The summed E-state index contributed by atoms with van der Waals surface area (Å²) in [6.07, 6.45) is 6.30. The number of hydrogen-bond acceptors (Lipinski definition) is 9. The van der Waals surface area contributed by atoms with Gasteiger partial charge in [0.1, 0.15) is 17.0 Å². The molecule has 48 heavy (non-hydrogen) atoms. The summed E-state index contributed by atoms with van der Waals surface area (Å²) in [4.78, 5) is 20.2. The van der Waals surface area contributed by atoms with Crippen LogP contribution >= 0.6 is 0 Å². The van der Waals surface area contributed by atoms with Crippen LogP contribution in [-0.4, -0.2) is 59.3 Å². The molecule has 0 saturated carbocycles. The molecule has 0 radical (unpaired) electrons. The molecule has 1 saturated heterocycles. The molecule has 0 atom stereocenters. The molecule has 1 aliphatic rings. The second-order valence-corrected chi connectivity index (χ2v) is 12.2. The van der Waals surface area contributed by atoms with E-state index in [1.54, 1.807) is 45.4 Å². The monoisotopic (exact) mass is 657 g/mol. The Labute approximate surface area is 277 Å². The number of carbonyl (C=O) groups excluding carboxylic acids is 1.